The van der Waals surface area contributed by atoms with Crippen LogP contribution < -0.4 is 11.0 Å². The van der Waals surface area contributed by atoms with Crippen molar-refractivity contribution in [1.29, 1.82) is 0 Å². The van der Waals surface area contributed by atoms with Crippen LogP contribution in [0.1, 0.15) is 19.8 Å². The summed E-state index contributed by atoms with van der Waals surface area (Å²) in [6.45, 7) is 3.62. The summed E-state index contributed by atoms with van der Waals surface area (Å²) in [7, 11) is 0. The van der Waals surface area contributed by atoms with E-state index in [1.807, 2.05) is 35.2 Å². The van der Waals surface area contributed by atoms with E-state index in [2.05, 4.69) is 22.3 Å². The Hall–Kier alpha value is -3.16. The summed E-state index contributed by atoms with van der Waals surface area (Å²) in [5, 5.41) is 7.40. The van der Waals surface area contributed by atoms with Crippen LogP contribution in [0, 0.1) is 5.92 Å². The summed E-state index contributed by atoms with van der Waals surface area (Å²) < 4.78 is 2.54. The van der Waals surface area contributed by atoms with Crippen molar-refractivity contribution in [3.8, 4) is 0 Å². The first-order valence-corrected chi connectivity index (χ1v) is 9.16. The fraction of sp³-hybridized carbons (Fsp3) is 0.368. The number of aromatic nitrogens is 4. The Morgan fingerprint density at radius 1 is 1.19 bits per heavy atom. The highest BCUT2D eigenvalue weighted by molar-refractivity contribution is 5.76. The molecule has 8 nitrogen and oxygen atoms in total. The van der Waals surface area contributed by atoms with Gasteiger partial charge in [0.15, 0.2) is 0 Å². The third-order valence-electron chi connectivity index (χ3n) is 4.92. The van der Waals surface area contributed by atoms with Crippen LogP contribution in [-0.4, -0.2) is 43.1 Å². The molecule has 1 aromatic carbocycles. The smallest absolute Gasteiger partial charge is 0.341 e. The number of nitrogens with zero attached hydrogens (tertiary/aromatic N) is 5. The van der Waals surface area contributed by atoms with E-state index < -0.39 is 0 Å². The monoisotopic (exact) mass is 366 g/mol. The highest BCUT2D eigenvalue weighted by Gasteiger charge is 2.22. The molecule has 1 amide bonds. The van der Waals surface area contributed by atoms with Gasteiger partial charge in [0.1, 0.15) is 12.4 Å². The number of hydrogen-bond donors (Lipinski definition) is 1. The number of carbonyl (C=O) groups excluding carboxylic acids is 1. The molecular formula is C19H22N6O2. The first kappa shape index (κ1) is 17.3. The maximum absolute atomic E-state index is 12.5. The Morgan fingerprint density at radius 2 is 1.93 bits per heavy atom. The number of hydrogen-bond acceptors (Lipinski definition) is 5. The van der Waals surface area contributed by atoms with Crippen LogP contribution in [0.2, 0.25) is 0 Å². The number of piperidine rings is 1. The average molecular weight is 366 g/mol. The molecule has 2 aromatic heterocycles. The summed E-state index contributed by atoms with van der Waals surface area (Å²) in [4.78, 5) is 31.2. The molecule has 1 saturated heterocycles. The molecule has 0 aliphatic carbocycles. The fourth-order valence-electron chi connectivity index (χ4n) is 3.23. The van der Waals surface area contributed by atoms with E-state index in [0.717, 1.165) is 31.6 Å². The second-order valence-corrected chi connectivity index (χ2v) is 6.98. The van der Waals surface area contributed by atoms with Crippen LogP contribution in [0.15, 0.2) is 47.4 Å². The van der Waals surface area contributed by atoms with Crippen LogP contribution in [0.4, 0.5) is 11.5 Å². The third-order valence-corrected chi connectivity index (χ3v) is 4.92. The minimum Gasteiger partial charge on any atom is -0.341 e. The van der Waals surface area contributed by atoms with Gasteiger partial charge in [0, 0.05) is 25.0 Å². The maximum Gasteiger partial charge on any atom is 0.352 e. The van der Waals surface area contributed by atoms with Gasteiger partial charge in [-0.15, -0.1) is 5.10 Å². The molecule has 1 aliphatic rings. The van der Waals surface area contributed by atoms with Crippen LogP contribution in [-0.2, 0) is 11.3 Å². The first-order chi connectivity index (χ1) is 13.1. The zero-order chi connectivity index (χ0) is 18.8. The minimum absolute atomic E-state index is 0.0575. The number of nitrogens with one attached hydrogen (secondary N) is 1. The maximum atomic E-state index is 12.5. The molecule has 3 aromatic rings. The number of fused-ring (bicyclic) bond motifs is 1. The molecule has 0 bridgehead atoms. The van der Waals surface area contributed by atoms with Gasteiger partial charge in [-0.05, 0) is 37.0 Å². The minimum atomic E-state index is -0.359. The number of para-hydroxylation sites is 1. The van der Waals surface area contributed by atoms with E-state index in [9.17, 15) is 9.59 Å². The SMILES string of the molecule is CC1CCN(C(=O)Cn2nc3nc(Nc4ccccc4)ccn3c2=O)CC1. The zero-order valence-electron chi connectivity index (χ0n) is 15.2. The van der Waals surface area contributed by atoms with Crippen molar-refractivity contribution in [3.05, 3.63) is 53.1 Å². The van der Waals surface area contributed by atoms with Crippen LogP contribution in [0.5, 0.6) is 0 Å². The molecule has 0 spiro atoms. The number of anilines is 2. The fourth-order valence-corrected chi connectivity index (χ4v) is 3.23. The molecule has 27 heavy (non-hydrogen) atoms. The highest BCUT2D eigenvalue weighted by Crippen LogP contribution is 2.16. The molecule has 0 unspecified atom stereocenters. The van der Waals surface area contributed by atoms with Gasteiger partial charge in [-0.3, -0.25) is 4.79 Å². The van der Waals surface area contributed by atoms with Gasteiger partial charge >= 0.3 is 5.69 Å². The number of likely N-dealkylation sites (tertiary alicyclic amines) is 1. The quantitative estimate of drug-likeness (QED) is 0.762. The first-order valence-electron chi connectivity index (χ1n) is 9.16. The molecular weight excluding hydrogens is 344 g/mol. The van der Waals surface area contributed by atoms with Crippen molar-refractivity contribution >= 4 is 23.2 Å². The molecule has 3 heterocycles. The van der Waals surface area contributed by atoms with E-state index >= 15 is 0 Å². The molecule has 4 rings (SSSR count). The normalized spacial score (nSPS) is 15.2. The van der Waals surface area contributed by atoms with Gasteiger partial charge in [-0.1, -0.05) is 25.1 Å². The molecule has 1 N–H and O–H groups in total. The van der Waals surface area contributed by atoms with Gasteiger partial charge in [-0.25, -0.2) is 13.9 Å². The molecule has 1 fully saturated rings. The molecule has 0 saturated carbocycles. The summed E-state index contributed by atoms with van der Waals surface area (Å²) in [5.41, 5.74) is 0.535. The summed E-state index contributed by atoms with van der Waals surface area (Å²) in [6.07, 6.45) is 3.62. The number of rotatable bonds is 4. The van der Waals surface area contributed by atoms with E-state index in [0.29, 0.717) is 11.7 Å². The topological polar surface area (TPSA) is 84.5 Å². The average Bonchev–Trinajstić information content (AvgIpc) is 2.98. The van der Waals surface area contributed by atoms with E-state index in [1.54, 1.807) is 12.3 Å². The lowest BCUT2D eigenvalue weighted by Crippen LogP contribution is -2.41. The second kappa shape index (κ2) is 7.22. The predicted octanol–water partition coefficient (Wildman–Crippen LogP) is 1.89. The highest BCUT2D eigenvalue weighted by atomic mass is 16.2. The Balaban J connectivity index is 1.53. The number of amides is 1. The van der Waals surface area contributed by atoms with Crippen molar-refractivity contribution < 1.29 is 4.79 Å². The van der Waals surface area contributed by atoms with Gasteiger partial charge < -0.3 is 10.2 Å². The molecule has 8 heteroatoms. The van der Waals surface area contributed by atoms with Gasteiger partial charge in [0.05, 0.1) is 0 Å². The number of carbonyl (C=O) groups is 1. The Labute approximate surface area is 156 Å². The predicted molar refractivity (Wildman–Crippen MR) is 102 cm³/mol. The van der Waals surface area contributed by atoms with Crippen LogP contribution in [0.25, 0.3) is 5.78 Å². The van der Waals surface area contributed by atoms with Gasteiger partial charge in [0.2, 0.25) is 5.91 Å². The lowest BCUT2D eigenvalue weighted by atomic mass is 9.99. The van der Waals surface area contributed by atoms with Gasteiger partial charge in [0.25, 0.3) is 5.78 Å². The largest absolute Gasteiger partial charge is 0.352 e. The lowest BCUT2D eigenvalue weighted by Gasteiger charge is -2.30. The van der Waals surface area contributed by atoms with Gasteiger partial charge in [-0.2, -0.15) is 4.98 Å². The molecule has 0 atom stereocenters. The summed E-state index contributed by atoms with van der Waals surface area (Å²) in [5.74, 6) is 1.42. The van der Waals surface area contributed by atoms with Crippen molar-refractivity contribution in [2.75, 3.05) is 18.4 Å². The van der Waals surface area contributed by atoms with E-state index in [1.165, 1.54) is 9.08 Å². The van der Waals surface area contributed by atoms with E-state index in [-0.39, 0.29) is 23.9 Å². The summed E-state index contributed by atoms with van der Waals surface area (Å²) in [6, 6.07) is 11.3. The summed E-state index contributed by atoms with van der Waals surface area (Å²) >= 11 is 0. The van der Waals surface area contributed by atoms with Crippen LogP contribution >= 0.6 is 0 Å². The third kappa shape index (κ3) is 3.69. The second-order valence-electron chi connectivity index (χ2n) is 6.98. The van der Waals surface area contributed by atoms with Crippen molar-refractivity contribution in [1.82, 2.24) is 24.1 Å². The number of benzene rings is 1. The van der Waals surface area contributed by atoms with Crippen molar-refractivity contribution in [2.24, 2.45) is 5.92 Å². The molecule has 140 valence electrons. The standard InChI is InChI=1S/C19H22N6O2/c1-14-7-10-23(11-8-14)17(26)13-25-19(27)24-12-9-16(21-18(24)22-25)20-15-5-3-2-4-6-15/h2-6,9,12,14H,7-8,10-11,13H2,1H3,(H,20,21,22). The Morgan fingerprint density at radius 3 is 2.67 bits per heavy atom. The van der Waals surface area contributed by atoms with Crippen LogP contribution in [0.3, 0.4) is 0 Å². The zero-order valence-corrected chi connectivity index (χ0v) is 15.2. The Bertz CT molecular complexity index is 1000. The molecule has 1 aliphatic heterocycles. The lowest BCUT2D eigenvalue weighted by molar-refractivity contribution is -0.133. The Kier molecular flexibility index (Phi) is 4.62. The van der Waals surface area contributed by atoms with E-state index in [4.69, 9.17) is 0 Å². The van der Waals surface area contributed by atoms with Crippen molar-refractivity contribution in [2.45, 2.75) is 26.3 Å². The van der Waals surface area contributed by atoms with Crippen molar-refractivity contribution in [3.63, 3.8) is 0 Å². The molecule has 0 radical (unpaired) electrons.